The van der Waals surface area contributed by atoms with E-state index in [0.29, 0.717) is 5.56 Å². The van der Waals surface area contributed by atoms with Gasteiger partial charge in [0.05, 0.1) is 19.8 Å². The standard InChI is InChI=1S/C14H16F3NO4.C13H16F3NO3/c1-21-12(19)11(7-8-14(15,16)17)18-13(20)22-9-10-5-3-2-4-6-10;14-13(15,16)7-6-11(8-18)17-12(19)20-9-10-4-2-1-3-5-10/h2-6,11H,7-9H2,1H3,(H,18,20);1-5,11,18H,6-9H2,(H,17,19)/t2*11-/m00/s1. The SMILES string of the molecule is COC(=O)[C@H](CCC(F)(F)F)NC(=O)OCc1ccccc1.O=C(N[C@H](CO)CCC(F)(F)F)OCc1ccccc1. The predicted octanol–water partition coefficient (Wildman–Crippen LogP) is 5.41. The summed E-state index contributed by atoms with van der Waals surface area (Å²) in [4.78, 5) is 34.3. The number of alkyl halides is 6. The van der Waals surface area contributed by atoms with Gasteiger partial charge in [0.15, 0.2) is 0 Å². The summed E-state index contributed by atoms with van der Waals surface area (Å²) in [5.74, 6) is -0.957. The first-order valence-corrected chi connectivity index (χ1v) is 12.5. The number of aliphatic hydroxyl groups is 1. The highest BCUT2D eigenvalue weighted by molar-refractivity contribution is 5.81. The number of aliphatic hydroxyl groups excluding tert-OH is 1. The van der Waals surface area contributed by atoms with Crippen LogP contribution in [0.4, 0.5) is 35.9 Å². The minimum absolute atomic E-state index is 0.0179. The number of ether oxygens (including phenoxy) is 3. The van der Waals surface area contributed by atoms with E-state index in [1.54, 1.807) is 54.6 Å². The lowest BCUT2D eigenvalue weighted by atomic mass is 10.1. The summed E-state index contributed by atoms with van der Waals surface area (Å²) in [5.41, 5.74) is 1.47. The second-order valence-electron chi connectivity index (χ2n) is 8.68. The molecule has 0 spiro atoms. The Morgan fingerprint density at radius 2 is 1.17 bits per heavy atom. The fourth-order valence-electron chi connectivity index (χ4n) is 3.08. The van der Waals surface area contributed by atoms with E-state index in [4.69, 9.17) is 14.6 Å². The zero-order chi connectivity index (χ0) is 31.6. The van der Waals surface area contributed by atoms with Gasteiger partial charge in [-0.15, -0.1) is 0 Å². The predicted molar refractivity (Wildman–Crippen MR) is 137 cm³/mol. The van der Waals surface area contributed by atoms with Crippen molar-refractivity contribution in [1.29, 1.82) is 0 Å². The van der Waals surface area contributed by atoms with E-state index in [1.165, 1.54) is 0 Å². The van der Waals surface area contributed by atoms with Crippen LogP contribution in [0, 0.1) is 0 Å². The fraction of sp³-hybridized carbons (Fsp3) is 0.444. The minimum atomic E-state index is -4.43. The van der Waals surface area contributed by atoms with Crippen LogP contribution >= 0.6 is 0 Å². The Hall–Kier alpha value is -4.01. The minimum Gasteiger partial charge on any atom is -0.467 e. The maximum absolute atomic E-state index is 12.2. The molecule has 2 amide bonds. The van der Waals surface area contributed by atoms with Crippen molar-refractivity contribution >= 4 is 18.2 Å². The molecule has 2 aromatic carbocycles. The summed E-state index contributed by atoms with van der Waals surface area (Å²) in [6, 6.07) is 15.2. The van der Waals surface area contributed by atoms with Crippen molar-refractivity contribution in [2.75, 3.05) is 13.7 Å². The van der Waals surface area contributed by atoms with Crippen molar-refractivity contribution in [2.45, 2.75) is 63.3 Å². The highest BCUT2D eigenvalue weighted by Crippen LogP contribution is 2.23. The zero-order valence-corrected chi connectivity index (χ0v) is 22.5. The number of amides is 2. The van der Waals surface area contributed by atoms with Crippen LogP contribution in [0.25, 0.3) is 0 Å². The Morgan fingerprint density at radius 1 is 0.738 bits per heavy atom. The highest BCUT2D eigenvalue weighted by Gasteiger charge is 2.32. The Morgan fingerprint density at radius 3 is 1.57 bits per heavy atom. The van der Waals surface area contributed by atoms with Gasteiger partial charge in [0.2, 0.25) is 0 Å². The molecule has 0 aliphatic heterocycles. The first-order valence-electron chi connectivity index (χ1n) is 12.5. The lowest BCUT2D eigenvalue weighted by Crippen LogP contribution is -2.42. The largest absolute Gasteiger partial charge is 0.467 e. The molecular formula is C27H32F6N2O7. The molecule has 234 valence electrons. The van der Waals surface area contributed by atoms with Gasteiger partial charge < -0.3 is 30.0 Å². The molecule has 0 aliphatic carbocycles. The molecule has 2 aromatic rings. The lowest BCUT2D eigenvalue weighted by Gasteiger charge is -2.17. The van der Waals surface area contributed by atoms with E-state index < -0.39 is 68.5 Å². The molecule has 15 heteroatoms. The number of nitrogens with one attached hydrogen (secondary N) is 2. The number of hydrogen-bond donors (Lipinski definition) is 3. The quantitative estimate of drug-likeness (QED) is 0.167. The molecule has 0 aromatic heterocycles. The zero-order valence-electron chi connectivity index (χ0n) is 22.5. The van der Waals surface area contributed by atoms with Crippen LogP contribution in [0.15, 0.2) is 60.7 Å². The molecular weight excluding hydrogens is 578 g/mol. The summed E-state index contributed by atoms with van der Waals surface area (Å²) in [7, 11) is 1.03. The van der Waals surface area contributed by atoms with Gasteiger partial charge in [0.25, 0.3) is 0 Å². The molecule has 0 radical (unpaired) electrons. The third-order valence-corrected chi connectivity index (χ3v) is 5.24. The summed E-state index contributed by atoms with van der Waals surface area (Å²) in [6.07, 6.45) is -13.9. The van der Waals surface area contributed by atoms with E-state index in [-0.39, 0.29) is 19.6 Å². The van der Waals surface area contributed by atoms with E-state index in [2.05, 4.69) is 15.4 Å². The molecule has 0 saturated carbocycles. The number of methoxy groups -OCH3 is 1. The highest BCUT2D eigenvalue weighted by atomic mass is 19.4. The van der Waals surface area contributed by atoms with Crippen LogP contribution in [-0.2, 0) is 32.2 Å². The van der Waals surface area contributed by atoms with Crippen molar-refractivity contribution in [1.82, 2.24) is 10.6 Å². The van der Waals surface area contributed by atoms with Crippen LogP contribution in [0.5, 0.6) is 0 Å². The lowest BCUT2D eigenvalue weighted by molar-refractivity contribution is -0.148. The third kappa shape index (κ3) is 17.6. The van der Waals surface area contributed by atoms with Crippen LogP contribution in [0.1, 0.15) is 36.8 Å². The number of carbonyl (C=O) groups excluding carboxylic acids is 3. The Kier molecular flexibility index (Phi) is 15.8. The van der Waals surface area contributed by atoms with Gasteiger partial charge in [-0.05, 0) is 24.0 Å². The number of esters is 1. The van der Waals surface area contributed by atoms with Crippen LogP contribution < -0.4 is 10.6 Å². The second-order valence-corrected chi connectivity index (χ2v) is 8.68. The van der Waals surface area contributed by atoms with Crippen molar-refractivity contribution < 1.29 is 60.0 Å². The van der Waals surface area contributed by atoms with Crippen molar-refractivity contribution in [3.8, 4) is 0 Å². The Labute approximate surface area is 238 Å². The summed E-state index contributed by atoms with van der Waals surface area (Å²) in [6.45, 7) is -0.611. The second kappa shape index (κ2) is 18.4. The number of halogens is 6. The molecule has 42 heavy (non-hydrogen) atoms. The molecule has 0 heterocycles. The average molecular weight is 611 g/mol. The van der Waals surface area contributed by atoms with Crippen LogP contribution in [-0.4, -0.2) is 61.4 Å². The molecule has 0 bridgehead atoms. The fourth-order valence-corrected chi connectivity index (χ4v) is 3.08. The van der Waals surface area contributed by atoms with Crippen LogP contribution in [0.2, 0.25) is 0 Å². The summed E-state index contributed by atoms with van der Waals surface area (Å²) >= 11 is 0. The van der Waals surface area contributed by atoms with Crippen LogP contribution in [0.3, 0.4) is 0 Å². The van der Waals surface area contributed by atoms with Gasteiger partial charge in [-0.25, -0.2) is 14.4 Å². The van der Waals surface area contributed by atoms with E-state index >= 15 is 0 Å². The number of rotatable bonds is 12. The molecule has 0 aliphatic rings. The summed E-state index contributed by atoms with van der Waals surface area (Å²) in [5, 5.41) is 13.2. The molecule has 2 rings (SSSR count). The maximum Gasteiger partial charge on any atom is 0.408 e. The Balaban J connectivity index is 0.000000422. The van der Waals surface area contributed by atoms with Gasteiger partial charge in [0, 0.05) is 12.8 Å². The van der Waals surface area contributed by atoms with E-state index in [1.807, 2.05) is 6.07 Å². The number of carbonyl (C=O) groups is 3. The number of alkyl carbamates (subject to hydrolysis) is 2. The van der Waals surface area contributed by atoms with Crippen molar-refractivity contribution in [2.24, 2.45) is 0 Å². The first kappa shape index (κ1) is 36.0. The van der Waals surface area contributed by atoms with Gasteiger partial charge in [-0.3, -0.25) is 0 Å². The topological polar surface area (TPSA) is 123 Å². The van der Waals surface area contributed by atoms with Crippen molar-refractivity contribution in [3.63, 3.8) is 0 Å². The molecule has 0 unspecified atom stereocenters. The summed E-state index contributed by atoms with van der Waals surface area (Å²) < 4.78 is 86.7. The van der Waals surface area contributed by atoms with Gasteiger partial charge in [-0.2, -0.15) is 26.3 Å². The third-order valence-electron chi connectivity index (χ3n) is 5.24. The first-order chi connectivity index (χ1) is 19.7. The van der Waals surface area contributed by atoms with Crippen molar-refractivity contribution in [3.05, 3.63) is 71.8 Å². The monoisotopic (exact) mass is 610 g/mol. The normalized spacial score (nSPS) is 12.6. The Bertz CT molecular complexity index is 1070. The molecule has 3 N–H and O–H groups in total. The maximum atomic E-state index is 12.2. The average Bonchev–Trinajstić information content (AvgIpc) is 2.95. The van der Waals surface area contributed by atoms with E-state index in [0.717, 1.165) is 12.7 Å². The molecule has 2 atom stereocenters. The number of benzene rings is 2. The molecule has 9 nitrogen and oxygen atoms in total. The molecule has 0 saturated heterocycles. The van der Waals surface area contributed by atoms with Gasteiger partial charge in [0.1, 0.15) is 19.3 Å². The smallest absolute Gasteiger partial charge is 0.408 e. The van der Waals surface area contributed by atoms with Gasteiger partial charge >= 0.3 is 30.5 Å². The molecule has 0 fully saturated rings. The van der Waals surface area contributed by atoms with E-state index in [9.17, 15) is 40.7 Å². The van der Waals surface area contributed by atoms with Gasteiger partial charge in [-0.1, -0.05) is 60.7 Å². The number of hydrogen-bond acceptors (Lipinski definition) is 7.